The highest BCUT2D eigenvalue weighted by molar-refractivity contribution is 7.12. The van der Waals surface area contributed by atoms with Crippen LogP contribution in [-0.4, -0.2) is 56.1 Å². The Morgan fingerprint density at radius 3 is 3.00 bits per heavy atom. The van der Waals surface area contributed by atoms with E-state index in [9.17, 15) is 9.59 Å². The van der Waals surface area contributed by atoms with Gasteiger partial charge in [0.05, 0.1) is 19.3 Å². The third-order valence-corrected chi connectivity index (χ3v) is 4.51. The number of hydrogen-bond acceptors (Lipinski definition) is 6. The highest BCUT2D eigenvalue weighted by atomic mass is 32.1. The molecule has 1 aliphatic heterocycles. The Hall–Kier alpha value is -1.44. The molecule has 0 radical (unpaired) electrons. The van der Waals surface area contributed by atoms with E-state index in [0.29, 0.717) is 23.2 Å². The molecule has 1 aromatic heterocycles. The third-order valence-electron chi connectivity index (χ3n) is 3.61. The fourth-order valence-electron chi connectivity index (χ4n) is 2.48. The molecule has 1 aromatic rings. The zero-order valence-electron chi connectivity index (χ0n) is 12.3. The highest BCUT2D eigenvalue weighted by Gasteiger charge is 2.23. The second-order valence-electron chi connectivity index (χ2n) is 4.91. The van der Waals surface area contributed by atoms with E-state index in [1.54, 1.807) is 11.4 Å². The lowest BCUT2D eigenvalue weighted by molar-refractivity contribution is -0.117. The van der Waals surface area contributed by atoms with Gasteiger partial charge in [-0.1, -0.05) is 6.92 Å². The van der Waals surface area contributed by atoms with Crippen molar-refractivity contribution in [3.63, 3.8) is 0 Å². The van der Waals surface area contributed by atoms with E-state index in [2.05, 4.69) is 22.5 Å². The van der Waals surface area contributed by atoms with E-state index in [0.717, 1.165) is 26.1 Å². The van der Waals surface area contributed by atoms with Gasteiger partial charge in [-0.2, -0.15) is 0 Å². The van der Waals surface area contributed by atoms with Gasteiger partial charge in [-0.15, -0.1) is 11.3 Å². The number of methoxy groups -OCH3 is 1. The summed E-state index contributed by atoms with van der Waals surface area (Å²) in [6.07, 6.45) is 1.06. The van der Waals surface area contributed by atoms with E-state index >= 15 is 0 Å². The van der Waals surface area contributed by atoms with Gasteiger partial charge in [0.1, 0.15) is 4.88 Å². The van der Waals surface area contributed by atoms with Crippen molar-refractivity contribution in [1.82, 2.24) is 10.2 Å². The summed E-state index contributed by atoms with van der Waals surface area (Å²) in [5.41, 5.74) is 0.525. The van der Waals surface area contributed by atoms with Crippen molar-refractivity contribution < 1.29 is 14.3 Å². The Kier molecular flexibility index (Phi) is 5.72. The Morgan fingerprint density at radius 1 is 1.57 bits per heavy atom. The molecule has 1 unspecified atom stereocenters. The smallest absolute Gasteiger partial charge is 0.350 e. The van der Waals surface area contributed by atoms with E-state index in [4.69, 9.17) is 4.74 Å². The molecular formula is C14H21N3O3S. The maximum absolute atomic E-state index is 12.2. The molecular weight excluding hydrogens is 290 g/mol. The van der Waals surface area contributed by atoms with Crippen LogP contribution in [0.15, 0.2) is 11.4 Å². The highest BCUT2D eigenvalue weighted by Crippen LogP contribution is 2.23. The van der Waals surface area contributed by atoms with Crippen molar-refractivity contribution >= 4 is 28.9 Å². The molecule has 0 bridgehead atoms. The van der Waals surface area contributed by atoms with Gasteiger partial charge in [0.25, 0.3) is 0 Å². The van der Waals surface area contributed by atoms with Crippen molar-refractivity contribution in [3.05, 3.63) is 16.3 Å². The summed E-state index contributed by atoms with van der Waals surface area (Å²) in [6, 6.07) is 2.13. The molecule has 7 heteroatoms. The van der Waals surface area contributed by atoms with Gasteiger partial charge >= 0.3 is 5.97 Å². The lowest BCUT2D eigenvalue weighted by Gasteiger charge is -2.26. The fraction of sp³-hybridized carbons (Fsp3) is 0.571. The summed E-state index contributed by atoms with van der Waals surface area (Å²) < 4.78 is 4.70. The predicted octanol–water partition coefficient (Wildman–Crippen LogP) is 1.16. The molecule has 0 aromatic carbocycles. The number of carbonyl (C=O) groups is 2. The number of carbonyl (C=O) groups excluding carboxylic acids is 2. The number of nitrogens with zero attached hydrogens (tertiary/aromatic N) is 1. The van der Waals surface area contributed by atoms with Gasteiger partial charge in [-0.25, -0.2) is 4.79 Å². The maximum Gasteiger partial charge on any atom is 0.350 e. The number of anilines is 1. The fourth-order valence-corrected chi connectivity index (χ4v) is 3.25. The van der Waals surface area contributed by atoms with E-state index in [-0.39, 0.29) is 5.91 Å². The molecule has 21 heavy (non-hydrogen) atoms. The predicted molar refractivity (Wildman–Crippen MR) is 82.8 cm³/mol. The first-order valence-electron chi connectivity index (χ1n) is 7.06. The largest absolute Gasteiger partial charge is 0.465 e. The first-order valence-corrected chi connectivity index (χ1v) is 7.94. The van der Waals surface area contributed by atoms with Gasteiger partial charge in [-0.05, 0) is 31.0 Å². The van der Waals surface area contributed by atoms with Crippen LogP contribution in [0.5, 0.6) is 0 Å². The Morgan fingerprint density at radius 2 is 2.38 bits per heavy atom. The van der Waals surface area contributed by atoms with Crippen LogP contribution in [0.4, 0.5) is 5.69 Å². The molecule has 6 nitrogen and oxygen atoms in total. The van der Waals surface area contributed by atoms with Crippen molar-refractivity contribution in [2.45, 2.75) is 19.4 Å². The minimum absolute atomic E-state index is 0.104. The minimum atomic E-state index is -0.423. The van der Waals surface area contributed by atoms with Crippen LogP contribution in [0, 0.1) is 0 Å². The number of rotatable bonds is 6. The molecule has 2 N–H and O–H groups in total. The molecule has 2 heterocycles. The first-order chi connectivity index (χ1) is 10.2. The van der Waals surface area contributed by atoms with Gasteiger partial charge < -0.3 is 15.4 Å². The Labute approximate surface area is 128 Å². The van der Waals surface area contributed by atoms with Crippen LogP contribution in [0.25, 0.3) is 0 Å². The zero-order valence-corrected chi connectivity index (χ0v) is 13.2. The topological polar surface area (TPSA) is 70.7 Å². The van der Waals surface area contributed by atoms with Crippen molar-refractivity contribution in [1.29, 1.82) is 0 Å². The zero-order chi connectivity index (χ0) is 15.2. The summed E-state index contributed by atoms with van der Waals surface area (Å²) in [5.74, 6) is -0.528. The number of esters is 1. The second-order valence-corrected chi connectivity index (χ2v) is 5.83. The van der Waals surface area contributed by atoms with Gasteiger partial charge in [0, 0.05) is 12.6 Å². The molecule has 0 saturated carbocycles. The normalized spacial score (nSPS) is 18.0. The van der Waals surface area contributed by atoms with E-state index in [1.807, 2.05) is 0 Å². The van der Waals surface area contributed by atoms with Crippen LogP contribution < -0.4 is 10.6 Å². The van der Waals surface area contributed by atoms with Crippen LogP contribution in [-0.2, 0) is 9.53 Å². The average molecular weight is 311 g/mol. The maximum atomic E-state index is 12.2. The first kappa shape index (κ1) is 15.9. The summed E-state index contributed by atoms with van der Waals surface area (Å²) in [7, 11) is 1.33. The Bertz CT molecular complexity index is 497. The minimum Gasteiger partial charge on any atom is -0.465 e. The van der Waals surface area contributed by atoms with Crippen molar-refractivity contribution in [3.8, 4) is 0 Å². The van der Waals surface area contributed by atoms with Gasteiger partial charge in [0.2, 0.25) is 5.91 Å². The van der Waals surface area contributed by atoms with Gasteiger partial charge in [-0.3, -0.25) is 9.69 Å². The number of likely N-dealkylation sites (N-methyl/N-ethyl adjacent to an activating group) is 1. The van der Waals surface area contributed by atoms with Crippen molar-refractivity contribution in [2.24, 2.45) is 0 Å². The monoisotopic (exact) mass is 311 g/mol. The average Bonchev–Trinajstić information content (AvgIpc) is 3.15. The Balaban J connectivity index is 1.94. The van der Waals surface area contributed by atoms with Gasteiger partial charge in [0.15, 0.2) is 0 Å². The molecule has 2 rings (SSSR count). The lowest BCUT2D eigenvalue weighted by atomic mass is 10.2. The SMILES string of the molecule is CCN(CC(=O)Nc1ccsc1C(=O)OC)C1CCNC1. The molecule has 1 atom stereocenters. The van der Waals surface area contributed by atoms with Crippen LogP contribution in [0.1, 0.15) is 23.0 Å². The third kappa shape index (κ3) is 4.03. The summed E-state index contributed by atoms with van der Waals surface area (Å²) >= 11 is 1.26. The van der Waals surface area contributed by atoms with E-state index < -0.39 is 5.97 Å². The molecule has 0 spiro atoms. The quantitative estimate of drug-likeness (QED) is 0.772. The van der Waals surface area contributed by atoms with Crippen LogP contribution >= 0.6 is 11.3 Å². The standard InChI is InChI=1S/C14H21N3O3S/c1-3-17(10-4-6-15-8-10)9-12(18)16-11-5-7-21-13(11)14(19)20-2/h5,7,10,15H,3-4,6,8-9H2,1-2H3,(H,16,18). The van der Waals surface area contributed by atoms with Crippen molar-refractivity contribution in [2.75, 3.05) is 38.6 Å². The number of hydrogen-bond donors (Lipinski definition) is 2. The molecule has 116 valence electrons. The second kappa shape index (κ2) is 7.53. The molecule has 1 amide bonds. The number of nitrogens with one attached hydrogen (secondary N) is 2. The number of amides is 1. The van der Waals surface area contributed by atoms with Crippen LogP contribution in [0.3, 0.4) is 0 Å². The van der Waals surface area contributed by atoms with Crippen LogP contribution in [0.2, 0.25) is 0 Å². The number of thiophene rings is 1. The number of ether oxygens (including phenoxy) is 1. The summed E-state index contributed by atoms with van der Waals surface area (Å²) in [4.78, 5) is 26.3. The summed E-state index contributed by atoms with van der Waals surface area (Å²) in [5, 5.41) is 7.87. The lowest BCUT2D eigenvalue weighted by Crippen LogP contribution is -2.41. The van der Waals surface area contributed by atoms with E-state index in [1.165, 1.54) is 18.4 Å². The molecule has 0 aliphatic carbocycles. The summed E-state index contributed by atoms with van der Waals surface area (Å²) in [6.45, 7) is 5.13. The molecule has 1 fully saturated rings. The molecule has 1 saturated heterocycles. The molecule has 1 aliphatic rings.